The van der Waals surface area contributed by atoms with Gasteiger partial charge in [0.15, 0.2) is 6.61 Å². The van der Waals surface area contributed by atoms with E-state index in [0.717, 1.165) is 30.0 Å². The molecule has 2 aromatic heterocycles. The maximum Gasteiger partial charge on any atom is 0.422 e. The highest BCUT2D eigenvalue weighted by atomic mass is 35.5. The van der Waals surface area contributed by atoms with E-state index in [9.17, 15) is 22.8 Å². The first-order chi connectivity index (χ1) is 17.1. The average Bonchev–Trinajstić information content (AvgIpc) is 3.14. The number of amides is 2. The number of nitrogens with one attached hydrogen (secondary N) is 2. The van der Waals surface area contributed by atoms with Gasteiger partial charge in [0.25, 0.3) is 0 Å². The number of hydrogen-bond acceptors (Lipinski definition) is 4. The Hall–Kier alpha value is -3.60. The summed E-state index contributed by atoms with van der Waals surface area (Å²) in [6.45, 7) is -1.52. The minimum Gasteiger partial charge on any atom is -0.468 e. The Morgan fingerprint density at radius 1 is 1.25 bits per heavy atom. The fourth-order valence-electron chi connectivity index (χ4n) is 4.82. The SMILES string of the molecule is O=C(Nc1cc(Cl)c(-c2ccnc(OCC(F)(F)F)c2)cc1F)N1[C@H]2CC[C@@H]1c1c[nH]c(=O)cc1C2. The number of carbonyl (C=O) groups excluding carboxylic acids is 1. The molecule has 2 aliphatic heterocycles. The number of alkyl halides is 3. The summed E-state index contributed by atoms with van der Waals surface area (Å²) in [5.74, 6) is -1.06. The third-order valence-electron chi connectivity index (χ3n) is 6.33. The molecular weight excluding hydrogens is 504 g/mol. The van der Waals surface area contributed by atoms with Crippen molar-refractivity contribution in [3.05, 3.63) is 75.0 Å². The number of pyridine rings is 2. The Labute approximate surface area is 207 Å². The standard InChI is InChI=1S/C24H19ClF4N4O3/c25-17-9-19(18(26)8-15(17)12-3-4-30-22(7-12)36-11-24(27,28)29)32-23(35)33-14-1-2-20(33)16-10-31-21(34)6-13(16)5-14/h3-4,6-10,14,20H,1-2,5,11H2,(H,31,34)(H,32,35)/t14-,20+/m0/s1. The lowest BCUT2D eigenvalue weighted by Gasteiger charge is -2.36. The molecule has 7 nitrogen and oxygen atoms in total. The van der Waals surface area contributed by atoms with Gasteiger partial charge < -0.3 is 19.9 Å². The zero-order valence-corrected chi connectivity index (χ0v) is 19.3. The van der Waals surface area contributed by atoms with Crippen molar-refractivity contribution in [2.24, 2.45) is 0 Å². The lowest BCUT2D eigenvalue weighted by Crippen LogP contribution is -2.44. The first-order valence-electron chi connectivity index (χ1n) is 11.0. The minimum atomic E-state index is -4.53. The van der Waals surface area contributed by atoms with Crippen LogP contribution < -0.4 is 15.6 Å². The Kier molecular flexibility index (Phi) is 6.11. The predicted molar refractivity (Wildman–Crippen MR) is 124 cm³/mol. The smallest absolute Gasteiger partial charge is 0.422 e. The van der Waals surface area contributed by atoms with Crippen molar-refractivity contribution in [2.75, 3.05) is 11.9 Å². The lowest BCUT2D eigenvalue weighted by molar-refractivity contribution is -0.154. The molecule has 0 saturated carbocycles. The molecule has 2 bridgehead atoms. The van der Waals surface area contributed by atoms with E-state index in [0.29, 0.717) is 12.0 Å². The monoisotopic (exact) mass is 522 g/mol. The van der Waals surface area contributed by atoms with Gasteiger partial charge in [-0.3, -0.25) is 4.79 Å². The maximum absolute atomic E-state index is 15.0. The predicted octanol–water partition coefficient (Wildman–Crippen LogP) is 5.46. The number of benzene rings is 1. The van der Waals surface area contributed by atoms with Gasteiger partial charge >= 0.3 is 12.2 Å². The number of urea groups is 1. The van der Waals surface area contributed by atoms with Crippen molar-refractivity contribution in [1.82, 2.24) is 14.9 Å². The second-order valence-corrected chi connectivity index (χ2v) is 9.07. The van der Waals surface area contributed by atoms with Crippen molar-refractivity contribution < 1.29 is 27.1 Å². The molecule has 1 fully saturated rings. The zero-order chi connectivity index (χ0) is 25.6. The summed E-state index contributed by atoms with van der Waals surface area (Å²) in [5, 5.41) is 2.66. The molecule has 0 unspecified atom stereocenters. The molecule has 1 aromatic carbocycles. The molecule has 5 rings (SSSR count). The van der Waals surface area contributed by atoms with Crippen LogP contribution in [-0.2, 0) is 6.42 Å². The van der Waals surface area contributed by atoms with Gasteiger partial charge in [0, 0.05) is 36.1 Å². The molecule has 188 valence electrons. The van der Waals surface area contributed by atoms with E-state index in [1.165, 1.54) is 24.4 Å². The van der Waals surface area contributed by atoms with Crippen molar-refractivity contribution >= 4 is 23.3 Å². The quantitative estimate of drug-likeness (QED) is 0.445. The number of carbonyl (C=O) groups is 1. The van der Waals surface area contributed by atoms with Crippen molar-refractivity contribution in [3.63, 3.8) is 0 Å². The Morgan fingerprint density at radius 3 is 2.83 bits per heavy atom. The summed E-state index contributed by atoms with van der Waals surface area (Å²) in [6, 6.07) is 5.71. The largest absolute Gasteiger partial charge is 0.468 e. The molecule has 0 spiro atoms. The molecule has 1 saturated heterocycles. The van der Waals surface area contributed by atoms with Crippen LogP contribution in [0.2, 0.25) is 5.02 Å². The van der Waals surface area contributed by atoms with Crippen molar-refractivity contribution in [3.8, 4) is 17.0 Å². The Morgan fingerprint density at radius 2 is 2.06 bits per heavy atom. The van der Waals surface area contributed by atoms with Crippen LogP contribution in [0.5, 0.6) is 5.88 Å². The molecule has 2 N–H and O–H groups in total. The first-order valence-corrected chi connectivity index (χ1v) is 11.4. The van der Waals surface area contributed by atoms with E-state index >= 15 is 4.39 Å². The van der Waals surface area contributed by atoms with Gasteiger partial charge in [-0.1, -0.05) is 11.6 Å². The molecule has 12 heteroatoms. The summed E-state index contributed by atoms with van der Waals surface area (Å²) in [7, 11) is 0. The van der Waals surface area contributed by atoms with Crippen molar-refractivity contribution in [1.29, 1.82) is 0 Å². The fourth-order valence-corrected chi connectivity index (χ4v) is 5.09. The van der Waals surface area contributed by atoms with Gasteiger partial charge in [0.2, 0.25) is 11.4 Å². The number of nitrogens with zero attached hydrogens (tertiary/aromatic N) is 2. The summed E-state index contributed by atoms with van der Waals surface area (Å²) in [4.78, 5) is 32.8. The molecule has 0 radical (unpaired) electrons. The molecule has 4 heterocycles. The van der Waals surface area contributed by atoms with Crippen LogP contribution in [0.3, 0.4) is 0 Å². The molecule has 2 aliphatic rings. The number of rotatable bonds is 4. The van der Waals surface area contributed by atoms with Gasteiger partial charge in [-0.05, 0) is 54.2 Å². The highest BCUT2D eigenvalue weighted by Gasteiger charge is 2.43. The van der Waals surface area contributed by atoms with Crippen LogP contribution >= 0.6 is 11.6 Å². The molecule has 0 aliphatic carbocycles. The second-order valence-electron chi connectivity index (χ2n) is 8.66. The number of anilines is 1. The maximum atomic E-state index is 15.0. The third kappa shape index (κ3) is 4.75. The molecule has 3 aromatic rings. The van der Waals surface area contributed by atoms with E-state index in [2.05, 4.69) is 20.0 Å². The third-order valence-corrected chi connectivity index (χ3v) is 6.64. The van der Waals surface area contributed by atoms with Gasteiger partial charge in [-0.2, -0.15) is 13.2 Å². The number of ether oxygens (including phenoxy) is 1. The number of hydrogen-bond donors (Lipinski definition) is 2. The highest BCUT2D eigenvalue weighted by molar-refractivity contribution is 6.33. The highest BCUT2D eigenvalue weighted by Crippen LogP contribution is 2.43. The van der Waals surface area contributed by atoms with Gasteiger partial charge in [-0.15, -0.1) is 0 Å². The van der Waals surface area contributed by atoms with E-state index in [1.54, 1.807) is 17.2 Å². The topological polar surface area (TPSA) is 87.3 Å². The van der Waals surface area contributed by atoms with Crippen LogP contribution in [0.1, 0.15) is 30.0 Å². The lowest BCUT2D eigenvalue weighted by atomic mass is 9.95. The molecule has 36 heavy (non-hydrogen) atoms. The number of H-pyrrole nitrogens is 1. The van der Waals surface area contributed by atoms with E-state index < -0.39 is 24.6 Å². The summed E-state index contributed by atoms with van der Waals surface area (Å²) in [6.07, 6.45) is 0.324. The first kappa shape index (κ1) is 24.1. The second kappa shape index (κ2) is 9.12. The van der Waals surface area contributed by atoms with Gasteiger partial charge in [0.05, 0.1) is 16.8 Å². The number of fused-ring (bicyclic) bond motifs is 4. The van der Waals surface area contributed by atoms with Gasteiger partial charge in [0.1, 0.15) is 5.82 Å². The molecule has 2 amide bonds. The Balaban J connectivity index is 1.36. The van der Waals surface area contributed by atoms with E-state index in [1.807, 2.05) is 0 Å². The number of aromatic nitrogens is 2. The number of halogens is 5. The van der Waals surface area contributed by atoms with Crippen LogP contribution in [-0.4, -0.2) is 39.7 Å². The molecular formula is C24H19ClF4N4O3. The van der Waals surface area contributed by atoms with Crippen LogP contribution in [0.25, 0.3) is 11.1 Å². The fraction of sp³-hybridized carbons (Fsp3) is 0.292. The van der Waals surface area contributed by atoms with Crippen LogP contribution in [0, 0.1) is 5.82 Å². The normalized spacial score (nSPS) is 18.6. The average molecular weight is 523 g/mol. The number of aromatic amines is 1. The van der Waals surface area contributed by atoms with Gasteiger partial charge in [-0.25, -0.2) is 14.2 Å². The zero-order valence-electron chi connectivity index (χ0n) is 18.5. The Bertz CT molecular complexity index is 1390. The van der Waals surface area contributed by atoms with Crippen molar-refractivity contribution in [2.45, 2.75) is 37.5 Å². The summed E-state index contributed by atoms with van der Waals surface area (Å²) >= 11 is 6.35. The molecule has 2 atom stereocenters. The van der Waals surface area contributed by atoms with Crippen LogP contribution in [0.15, 0.2) is 47.5 Å². The minimum absolute atomic E-state index is 0.0733. The van der Waals surface area contributed by atoms with E-state index in [-0.39, 0.29) is 39.8 Å². The van der Waals surface area contributed by atoms with Crippen LogP contribution in [0.4, 0.5) is 28.0 Å². The van der Waals surface area contributed by atoms with E-state index in [4.69, 9.17) is 11.6 Å². The summed E-state index contributed by atoms with van der Waals surface area (Å²) < 4.78 is 57.0. The summed E-state index contributed by atoms with van der Waals surface area (Å²) in [5.41, 5.74) is 1.93.